The standard InChI is InChI=1S/C12H14BrNO2/c1-10(13)8-14(2)12(15)16-9-11-6-4-3-5-7-11/h3-7H,1,8-9H2,2H3. The number of amides is 1. The van der Waals surface area contributed by atoms with Gasteiger partial charge in [0, 0.05) is 11.5 Å². The van der Waals surface area contributed by atoms with Crippen LogP contribution in [0, 0.1) is 0 Å². The van der Waals surface area contributed by atoms with Crippen molar-refractivity contribution in [1.82, 2.24) is 4.90 Å². The summed E-state index contributed by atoms with van der Waals surface area (Å²) in [6.45, 7) is 4.39. The molecule has 0 atom stereocenters. The monoisotopic (exact) mass is 283 g/mol. The van der Waals surface area contributed by atoms with Gasteiger partial charge in [0.15, 0.2) is 0 Å². The van der Waals surface area contributed by atoms with E-state index < -0.39 is 0 Å². The Hall–Kier alpha value is -1.29. The molecule has 0 saturated carbocycles. The number of nitrogens with zero attached hydrogens (tertiary/aromatic N) is 1. The van der Waals surface area contributed by atoms with Crippen LogP contribution in [0.25, 0.3) is 0 Å². The first-order chi connectivity index (χ1) is 7.59. The van der Waals surface area contributed by atoms with Crippen molar-refractivity contribution >= 4 is 22.0 Å². The highest BCUT2D eigenvalue weighted by atomic mass is 79.9. The molecular formula is C12H14BrNO2. The molecule has 0 radical (unpaired) electrons. The van der Waals surface area contributed by atoms with Gasteiger partial charge in [0.1, 0.15) is 6.61 Å². The van der Waals surface area contributed by atoms with Crippen LogP contribution in [0.3, 0.4) is 0 Å². The number of carbonyl (C=O) groups excluding carboxylic acids is 1. The number of benzene rings is 1. The van der Waals surface area contributed by atoms with E-state index in [1.54, 1.807) is 7.05 Å². The van der Waals surface area contributed by atoms with Crippen molar-refractivity contribution in [2.24, 2.45) is 0 Å². The van der Waals surface area contributed by atoms with Crippen molar-refractivity contribution in [3.8, 4) is 0 Å². The maximum Gasteiger partial charge on any atom is 0.410 e. The Balaban J connectivity index is 2.38. The number of halogens is 1. The van der Waals surface area contributed by atoms with Crippen LogP contribution in [0.5, 0.6) is 0 Å². The summed E-state index contributed by atoms with van der Waals surface area (Å²) in [5, 5.41) is 0. The molecule has 0 unspecified atom stereocenters. The van der Waals surface area contributed by atoms with Crippen LogP contribution in [0.2, 0.25) is 0 Å². The molecule has 0 saturated heterocycles. The molecule has 0 heterocycles. The van der Waals surface area contributed by atoms with E-state index in [4.69, 9.17) is 4.74 Å². The molecule has 1 rings (SSSR count). The Morgan fingerprint density at radius 2 is 2.06 bits per heavy atom. The lowest BCUT2D eigenvalue weighted by molar-refractivity contribution is 0.108. The average Bonchev–Trinajstić information content (AvgIpc) is 2.26. The zero-order chi connectivity index (χ0) is 12.0. The summed E-state index contributed by atoms with van der Waals surface area (Å²) in [5.41, 5.74) is 0.974. The fourth-order valence-electron chi connectivity index (χ4n) is 1.15. The minimum Gasteiger partial charge on any atom is -0.445 e. The van der Waals surface area contributed by atoms with E-state index in [2.05, 4.69) is 22.5 Å². The molecule has 0 N–H and O–H groups in total. The number of carbonyl (C=O) groups is 1. The van der Waals surface area contributed by atoms with Gasteiger partial charge in [-0.2, -0.15) is 0 Å². The average molecular weight is 284 g/mol. The van der Waals surface area contributed by atoms with E-state index in [0.717, 1.165) is 10.0 Å². The van der Waals surface area contributed by atoms with Gasteiger partial charge in [-0.1, -0.05) is 52.8 Å². The maximum atomic E-state index is 11.5. The van der Waals surface area contributed by atoms with Crippen LogP contribution in [-0.4, -0.2) is 24.6 Å². The molecule has 4 heteroatoms. The normalized spacial score (nSPS) is 9.62. The van der Waals surface area contributed by atoms with Crippen molar-refractivity contribution in [2.75, 3.05) is 13.6 Å². The highest BCUT2D eigenvalue weighted by Crippen LogP contribution is 2.06. The van der Waals surface area contributed by atoms with E-state index in [0.29, 0.717) is 13.2 Å². The molecule has 16 heavy (non-hydrogen) atoms. The SMILES string of the molecule is C=C(Br)CN(C)C(=O)OCc1ccccc1. The summed E-state index contributed by atoms with van der Waals surface area (Å²) >= 11 is 3.20. The van der Waals surface area contributed by atoms with Crippen LogP contribution in [0.15, 0.2) is 41.4 Å². The first-order valence-electron chi connectivity index (χ1n) is 4.84. The van der Waals surface area contributed by atoms with Crippen molar-refractivity contribution in [3.63, 3.8) is 0 Å². The van der Waals surface area contributed by atoms with Crippen LogP contribution >= 0.6 is 15.9 Å². The van der Waals surface area contributed by atoms with Gasteiger partial charge in [0.25, 0.3) is 0 Å². The van der Waals surface area contributed by atoms with Gasteiger partial charge in [-0.3, -0.25) is 0 Å². The van der Waals surface area contributed by atoms with Crippen LogP contribution in [0.4, 0.5) is 4.79 Å². The lowest BCUT2D eigenvalue weighted by Crippen LogP contribution is -2.28. The number of ether oxygens (including phenoxy) is 1. The Kier molecular flexibility index (Phi) is 5.05. The highest BCUT2D eigenvalue weighted by Gasteiger charge is 2.09. The van der Waals surface area contributed by atoms with Crippen LogP contribution in [-0.2, 0) is 11.3 Å². The van der Waals surface area contributed by atoms with Crippen molar-refractivity contribution in [3.05, 3.63) is 47.0 Å². The van der Waals surface area contributed by atoms with E-state index >= 15 is 0 Å². The van der Waals surface area contributed by atoms with Gasteiger partial charge in [0.2, 0.25) is 0 Å². The number of rotatable bonds is 4. The predicted octanol–water partition coefficient (Wildman–Crippen LogP) is 3.16. The lowest BCUT2D eigenvalue weighted by atomic mass is 10.2. The molecule has 0 aliphatic heterocycles. The second-order valence-electron chi connectivity index (χ2n) is 3.41. The quantitative estimate of drug-likeness (QED) is 0.850. The summed E-state index contributed by atoms with van der Waals surface area (Å²) < 4.78 is 5.86. The topological polar surface area (TPSA) is 29.5 Å². The molecule has 86 valence electrons. The van der Waals surface area contributed by atoms with E-state index in [9.17, 15) is 4.79 Å². The van der Waals surface area contributed by atoms with Crippen molar-refractivity contribution in [2.45, 2.75) is 6.61 Å². The molecule has 1 aromatic carbocycles. The van der Waals surface area contributed by atoms with Crippen LogP contribution in [0.1, 0.15) is 5.56 Å². The Bertz CT molecular complexity index is 365. The number of hydrogen-bond acceptors (Lipinski definition) is 2. The molecule has 1 amide bonds. The van der Waals surface area contributed by atoms with Crippen molar-refractivity contribution in [1.29, 1.82) is 0 Å². The van der Waals surface area contributed by atoms with Gasteiger partial charge >= 0.3 is 6.09 Å². The third-order valence-electron chi connectivity index (χ3n) is 1.93. The maximum absolute atomic E-state index is 11.5. The van der Waals surface area contributed by atoms with Crippen molar-refractivity contribution < 1.29 is 9.53 Å². The molecule has 1 aromatic rings. The minimum atomic E-state index is -0.357. The summed E-state index contributed by atoms with van der Waals surface area (Å²) in [7, 11) is 1.67. The van der Waals surface area contributed by atoms with Gasteiger partial charge < -0.3 is 9.64 Å². The summed E-state index contributed by atoms with van der Waals surface area (Å²) in [6.07, 6.45) is -0.357. The fraction of sp³-hybridized carbons (Fsp3) is 0.250. The zero-order valence-electron chi connectivity index (χ0n) is 9.15. The first kappa shape index (κ1) is 12.8. The third-order valence-corrected chi connectivity index (χ3v) is 2.18. The second kappa shape index (κ2) is 6.33. The Morgan fingerprint density at radius 3 is 2.62 bits per heavy atom. The fourth-order valence-corrected chi connectivity index (χ4v) is 1.53. The predicted molar refractivity (Wildman–Crippen MR) is 67.3 cm³/mol. The summed E-state index contributed by atoms with van der Waals surface area (Å²) in [4.78, 5) is 13.0. The third kappa shape index (κ3) is 4.49. The zero-order valence-corrected chi connectivity index (χ0v) is 10.7. The largest absolute Gasteiger partial charge is 0.445 e. The molecular weight excluding hydrogens is 270 g/mol. The second-order valence-corrected chi connectivity index (χ2v) is 4.53. The van der Waals surface area contributed by atoms with Gasteiger partial charge in [0.05, 0.1) is 6.54 Å². The number of likely N-dealkylation sites (N-methyl/N-ethyl adjacent to an activating group) is 1. The smallest absolute Gasteiger partial charge is 0.410 e. The summed E-state index contributed by atoms with van der Waals surface area (Å²) in [5.74, 6) is 0. The molecule has 0 aromatic heterocycles. The molecule has 0 aliphatic carbocycles. The van der Waals surface area contributed by atoms with E-state index in [1.165, 1.54) is 4.90 Å². The molecule has 3 nitrogen and oxygen atoms in total. The van der Waals surface area contributed by atoms with Gasteiger partial charge in [-0.05, 0) is 5.56 Å². The van der Waals surface area contributed by atoms with E-state index in [1.807, 2.05) is 30.3 Å². The first-order valence-corrected chi connectivity index (χ1v) is 5.64. The minimum absolute atomic E-state index is 0.290. The van der Waals surface area contributed by atoms with Gasteiger partial charge in [-0.25, -0.2) is 4.79 Å². The highest BCUT2D eigenvalue weighted by molar-refractivity contribution is 9.11. The molecule has 0 spiro atoms. The van der Waals surface area contributed by atoms with E-state index in [-0.39, 0.29) is 6.09 Å². The Morgan fingerprint density at radius 1 is 1.44 bits per heavy atom. The Labute approximate surface area is 104 Å². The van der Waals surface area contributed by atoms with Crippen LogP contribution < -0.4 is 0 Å². The molecule has 0 fully saturated rings. The number of hydrogen-bond donors (Lipinski definition) is 0. The summed E-state index contributed by atoms with van der Waals surface area (Å²) in [6, 6.07) is 9.57. The lowest BCUT2D eigenvalue weighted by Gasteiger charge is -2.16. The molecule has 0 bridgehead atoms. The molecule has 0 aliphatic rings. The van der Waals surface area contributed by atoms with Gasteiger partial charge in [-0.15, -0.1) is 0 Å².